The maximum Gasteiger partial charge on any atom is 0.446 e. The van der Waals surface area contributed by atoms with E-state index in [2.05, 4.69) is 5.10 Å². The molecule has 1 aromatic carbocycles. The molecule has 7 heteroatoms. The van der Waals surface area contributed by atoms with Crippen molar-refractivity contribution in [2.45, 2.75) is 30.0 Å². The molecule has 0 bridgehead atoms. The van der Waals surface area contributed by atoms with Crippen molar-refractivity contribution in [3.63, 3.8) is 0 Å². The van der Waals surface area contributed by atoms with E-state index in [1.807, 2.05) is 6.92 Å². The largest absolute Gasteiger partial charge is 0.446 e. The van der Waals surface area contributed by atoms with E-state index in [4.69, 9.17) is 0 Å². The lowest BCUT2D eigenvalue weighted by molar-refractivity contribution is -0.0328. The first-order valence-corrected chi connectivity index (χ1v) is 6.78. The second-order valence-corrected chi connectivity index (χ2v) is 5.23. The molecule has 1 unspecified atom stereocenters. The number of aromatic nitrogens is 2. The van der Waals surface area contributed by atoms with Gasteiger partial charge >= 0.3 is 5.51 Å². The van der Waals surface area contributed by atoms with Crippen LogP contribution in [0, 0.1) is 0 Å². The van der Waals surface area contributed by atoms with Crippen LogP contribution in [0.5, 0.6) is 0 Å². The van der Waals surface area contributed by atoms with Gasteiger partial charge in [0.2, 0.25) is 0 Å². The summed E-state index contributed by atoms with van der Waals surface area (Å²) in [5.41, 5.74) is -3.16. The summed E-state index contributed by atoms with van der Waals surface area (Å²) in [5.74, 6) is 0. The summed E-state index contributed by atoms with van der Waals surface area (Å²) in [6.07, 6.45) is 0.679. The number of halogens is 3. The van der Waals surface area contributed by atoms with Crippen molar-refractivity contribution >= 4 is 11.8 Å². The zero-order valence-corrected chi connectivity index (χ0v) is 11.4. The van der Waals surface area contributed by atoms with Crippen molar-refractivity contribution in [3.05, 3.63) is 47.8 Å². The van der Waals surface area contributed by atoms with E-state index in [1.165, 1.54) is 24.3 Å². The number of aryl methyl sites for hydroxylation is 1. The highest BCUT2D eigenvalue weighted by atomic mass is 32.2. The summed E-state index contributed by atoms with van der Waals surface area (Å²) in [6.45, 7) is 2.51. The Morgan fingerprint density at radius 3 is 2.45 bits per heavy atom. The molecule has 0 saturated carbocycles. The van der Waals surface area contributed by atoms with Gasteiger partial charge in [0.15, 0.2) is 0 Å². The van der Waals surface area contributed by atoms with Gasteiger partial charge in [-0.3, -0.25) is 4.68 Å². The Hall–Kier alpha value is -1.47. The smallest absolute Gasteiger partial charge is 0.382 e. The molecule has 108 valence electrons. The molecule has 1 atom stereocenters. The Morgan fingerprint density at radius 1 is 1.25 bits per heavy atom. The summed E-state index contributed by atoms with van der Waals surface area (Å²) in [6, 6.07) is 7.37. The van der Waals surface area contributed by atoms with Crippen LogP contribution < -0.4 is 0 Å². The van der Waals surface area contributed by atoms with Gasteiger partial charge in [0.1, 0.15) is 6.10 Å². The van der Waals surface area contributed by atoms with Gasteiger partial charge in [0.05, 0.1) is 5.69 Å². The average Bonchev–Trinajstić information content (AvgIpc) is 2.85. The van der Waals surface area contributed by atoms with Crippen molar-refractivity contribution in [3.8, 4) is 0 Å². The molecule has 1 heterocycles. The fraction of sp³-hybridized carbons (Fsp3) is 0.308. The minimum Gasteiger partial charge on any atom is -0.382 e. The summed E-state index contributed by atoms with van der Waals surface area (Å²) >= 11 is -0.173. The number of rotatable bonds is 4. The number of thioether (sulfide) groups is 1. The molecule has 0 radical (unpaired) electrons. The number of aliphatic hydroxyl groups excluding tert-OH is 1. The molecule has 3 nitrogen and oxygen atoms in total. The van der Waals surface area contributed by atoms with Gasteiger partial charge in [0.25, 0.3) is 0 Å². The predicted octanol–water partition coefficient (Wildman–Crippen LogP) is 3.60. The molecule has 2 rings (SSSR count). The van der Waals surface area contributed by atoms with Crippen LogP contribution in [-0.2, 0) is 6.54 Å². The lowest BCUT2D eigenvalue weighted by Gasteiger charge is -2.13. The molecule has 0 spiro atoms. The van der Waals surface area contributed by atoms with Crippen LogP contribution in [0.15, 0.2) is 41.4 Å². The molecule has 0 amide bonds. The molecule has 1 N–H and O–H groups in total. The summed E-state index contributed by atoms with van der Waals surface area (Å²) in [7, 11) is 0. The summed E-state index contributed by atoms with van der Waals surface area (Å²) < 4.78 is 38.3. The number of alkyl halides is 3. The first-order valence-electron chi connectivity index (χ1n) is 5.96. The number of hydrogen-bond donors (Lipinski definition) is 1. The van der Waals surface area contributed by atoms with Crippen LogP contribution in [0.4, 0.5) is 13.2 Å². The van der Waals surface area contributed by atoms with Crippen LogP contribution in [0.25, 0.3) is 0 Å². The Balaban J connectivity index is 2.17. The quantitative estimate of drug-likeness (QED) is 0.877. The van der Waals surface area contributed by atoms with Crippen molar-refractivity contribution in [2.75, 3.05) is 0 Å². The van der Waals surface area contributed by atoms with Crippen molar-refractivity contribution in [1.82, 2.24) is 9.78 Å². The SMILES string of the molecule is CCn1nccc1C(O)c1ccc(SC(F)(F)F)cc1. The number of benzene rings is 1. The van der Waals surface area contributed by atoms with E-state index in [-0.39, 0.29) is 16.7 Å². The fourth-order valence-electron chi connectivity index (χ4n) is 1.86. The minimum absolute atomic E-state index is 0.0949. The second kappa shape index (κ2) is 5.88. The summed E-state index contributed by atoms with van der Waals surface area (Å²) in [5, 5.41) is 14.3. The van der Waals surface area contributed by atoms with E-state index < -0.39 is 11.6 Å². The van der Waals surface area contributed by atoms with Crippen LogP contribution >= 0.6 is 11.8 Å². The van der Waals surface area contributed by atoms with Gasteiger partial charge in [0, 0.05) is 17.6 Å². The highest BCUT2D eigenvalue weighted by Crippen LogP contribution is 2.37. The topological polar surface area (TPSA) is 38.0 Å². The lowest BCUT2D eigenvalue weighted by Crippen LogP contribution is -2.09. The second-order valence-electron chi connectivity index (χ2n) is 4.09. The van der Waals surface area contributed by atoms with E-state index in [1.54, 1.807) is 16.9 Å². The summed E-state index contributed by atoms with van der Waals surface area (Å²) in [4.78, 5) is 0.0949. The average molecular weight is 302 g/mol. The number of aliphatic hydroxyl groups is 1. The van der Waals surface area contributed by atoms with Gasteiger partial charge in [-0.25, -0.2) is 0 Å². The monoisotopic (exact) mass is 302 g/mol. The van der Waals surface area contributed by atoms with Crippen molar-refractivity contribution < 1.29 is 18.3 Å². The van der Waals surface area contributed by atoms with Crippen molar-refractivity contribution in [2.24, 2.45) is 0 Å². The molecular weight excluding hydrogens is 289 g/mol. The Bertz CT molecular complexity index is 566. The molecule has 2 aromatic rings. The third-order valence-electron chi connectivity index (χ3n) is 2.76. The molecule has 0 fully saturated rings. The molecule has 0 saturated heterocycles. The van der Waals surface area contributed by atoms with E-state index in [0.29, 0.717) is 17.8 Å². The van der Waals surface area contributed by atoms with Crippen LogP contribution in [0.3, 0.4) is 0 Å². The predicted molar refractivity (Wildman–Crippen MR) is 70.3 cm³/mol. The van der Waals surface area contributed by atoms with Gasteiger partial charge < -0.3 is 5.11 Å². The maximum absolute atomic E-state index is 12.2. The van der Waals surface area contributed by atoms with Gasteiger partial charge in [-0.05, 0) is 42.4 Å². The highest BCUT2D eigenvalue weighted by Gasteiger charge is 2.29. The van der Waals surface area contributed by atoms with Gasteiger partial charge in [-0.15, -0.1) is 0 Å². The van der Waals surface area contributed by atoms with Crippen LogP contribution in [-0.4, -0.2) is 20.4 Å². The third-order valence-corrected chi connectivity index (χ3v) is 3.50. The zero-order valence-electron chi connectivity index (χ0n) is 10.6. The number of hydrogen-bond acceptors (Lipinski definition) is 3. The first-order chi connectivity index (χ1) is 9.40. The molecule has 0 aliphatic heterocycles. The molecule has 1 aromatic heterocycles. The number of nitrogens with zero attached hydrogens (tertiary/aromatic N) is 2. The fourth-order valence-corrected chi connectivity index (χ4v) is 2.40. The lowest BCUT2D eigenvalue weighted by atomic mass is 10.1. The Kier molecular flexibility index (Phi) is 4.39. The first kappa shape index (κ1) is 14.9. The standard InChI is InChI=1S/C13H13F3N2OS/c1-2-18-11(7-8-17-18)12(19)9-3-5-10(6-4-9)20-13(14,15)16/h3-8,12,19H,2H2,1H3. The van der Waals surface area contributed by atoms with E-state index in [0.717, 1.165) is 0 Å². The molecular formula is C13H13F3N2OS. The minimum atomic E-state index is -4.30. The normalized spacial score (nSPS) is 13.4. The molecule has 0 aliphatic rings. The van der Waals surface area contributed by atoms with E-state index in [9.17, 15) is 18.3 Å². The Labute approximate surface area is 118 Å². The third kappa shape index (κ3) is 3.55. The zero-order chi connectivity index (χ0) is 14.8. The van der Waals surface area contributed by atoms with Crippen LogP contribution in [0.1, 0.15) is 24.3 Å². The van der Waals surface area contributed by atoms with Gasteiger partial charge in [-0.2, -0.15) is 18.3 Å². The highest BCUT2D eigenvalue weighted by molar-refractivity contribution is 8.00. The molecule has 0 aliphatic carbocycles. The maximum atomic E-state index is 12.2. The Morgan fingerprint density at radius 2 is 1.90 bits per heavy atom. The molecule has 20 heavy (non-hydrogen) atoms. The van der Waals surface area contributed by atoms with Gasteiger partial charge in [-0.1, -0.05) is 12.1 Å². The van der Waals surface area contributed by atoms with Crippen LogP contribution in [0.2, 0.25) is 0 Å². The van der Waals surface area contributed by atoms with Crippen molar-refractivity contribution in [1.29, 1.82) is 0 Å². The van der Waals surface area contributed by atoms with E-state index >= 15 is 0 Å².